The number of aromatic nitrogens is 3. The van der Waals surface area contributed by atoms with Crippen LogP contribution in [-0.2, 0) is 6.42 Å². The van der Waals surface area contributed by atoms with Crippen LogP contribution in [0.25, 0.3) is 0 Å². The molecule has 2 rings (SSSR count). The highest BCUT2D eigenvalue weighted by molar-refractivity contribution is 5.27. The Labute approximate surface area is 86.1 Å². The minimum Gasteiger partial charge on any atom is -0.495 e. The van der Waals surface area contributed by atoms with Crippen LogP contribution in [0, 0.1) is 0 Å². The molecule has 78 valence electrons. The molecule has 0 spiro atoms. The molecule has 0 radical (unpaired) electrons. The summed E-state index contributed by atoms with van der Waals surface area (Å²) >= 11 is 0. The summed E-state index contributed by atoms with van der Waals surface area (Å²) in [4.78, 5) is 15.3. The Morgan fingerprint density at radius 3 is 3.00 bits per heavy atom. The highest BCUT2D eigenvalue weighted by Gasteiger charge is 2.03. The molecule has 2 N–H and O–H groups in total. The number of nitrogens with zero attached hydrogens (tertiary/aromatic N) is 1. The van der Waals surface area contributed by atoms with Gasteiger partial charge in [-0.1, -0.05) is 0 Å². The van der Waals surface area contributed by atoms with Crippen LogP contribution in [0.3, 0.4) is 0 Å². The van der Waals surface area contributed by atoms with Crippen molar-refractivity contribution in [3.63, 3.8) is 0 Å². The molecule has 5 nitrogen and oxygen atoms in total. The number of H-pyrrole nitrogens is 2. The molecule has 0 atom stereocenters. The first-order valence-electron chi connectivity index (χ1n) is 4.52. The zero-order valence-corrected chi connectivity index (χ0v) is 8.28. The van der Waals surface area contributed by atoms with Gasteiger partial charge in [0.2, 0.25) is 0 Å². The van der Waals surface area contributed by atoms with Crippen molar-refractivity contribution >= 4 is 0 Å². The number of nitrogens with one attached hydrogen (secondary N) is 2. The van der Waals surface area contributed by atoms with Crippen LogP contribution < -0.4 is 10.3 Å². The van der Waals surface area contributed by atoms with E-state index in [0.29, 0.717) is 17.7 Å². The molecule has 0 saturated carbocycles. The Morgan fingerprint density at radius 1 is 1.47 bits per heavy atom. The molecular weight excluding hydrogens is 194 g/mol. The summed E-state index contributed by atoms with van der Waals surface area (Å²) in [6.07, 6.45) is 5.55. The van der Waals surface area contributed by atoms with Crippen molar-refractivity contribution < 1.29 is 4.74 Å². The van der Waals surface area contributed by atoms with Crippen LogP contribution in [0.1, 0.15) is 11.1 Å². The fourth-order valence-electron chi connectivity index (χ4n) is 1.36. The number of hydrogen-bond donors (Lipinski definition) is 2. The van der Waals surface area contributed by atoms with E-state index in [-0.39, 0.29) is 5.56 Å². The maximum absolute atomic E-state index is 11.2. The van der Waals surface area contributed by atoms with Crippen LogP contribution in [0.2, 0.25) is 0 Å². The van der Waals surface area contributed by atoms with Gasteiger partial charge in [0.05, 0.1) is 13.3 Å². The van der Waals surface area contributed by atoms with Crippen molar-refractivity contribution in [2.24, 2.45) is 0 Å². The lowest BCUT2D eigenvalue weighted by Gasteiger charge is -2.01. The summed E-state index contributed by atoms with van der Waals surface area (Å²) in [6.45, 7) is 0. The van der Waals surface area contributed by atoms with E-state index in [1.807, 2.05) is 6.07 Å². The van der Waals surface area contributed by atoms with Gasteiger partial charge in [0, 0.05) is 24.4 Å². The molecule has 0 aliphatic heterocycles. The van der Waals surface area contributed by atoms with E-state index < -0.39 is 0 Å². The fraction of sp³-hybridized carbons (Fsp3) is 0.200. The highest BCUT2D eigenvalue weighted by Crippen LogP contribution is 2.12. The van der Waals surface area contributed by atoms with Crippen molar-refractivity contribution in [2.75, 3.05) is 7.11 Å². The molecular formula is C10H11N3O2. The summed E-state index contributed by atoms with van der Waals surface area (Å²) in [7, 11) is 1.59. The SMILES string of the molecule is COc1cncc(Cc2c[nH][nH]c2=O)c1. The van der Waals surface area contributed by atoms with Crippen molar-refractivity contribution in [3.05, 3.63) is 46.1 Å². The Kier molecular flexibility index (Phi) is 2.53. The van der Waals surface area contributed by atoms with E-state index in [0.717, 1.165) is 5.56 Å². The Balaban J connectivity index is 2.24. The average Bonchev–Trinajstić information content (AvgIpc) is 2.65. The standard InChI is InChI=1S/C10H11N3O2/c1-15-9-3-7(4-11-6-9)2-8-5-12-13-10(8)14/h3-6H,2H2,1H3,(H2,12,13,14). The minimum atomic E-state index is -0.0992. The monoisotopic (exact) mass is 205 g/mol. The molecule has 2 aromatic rings. The van der Waals surface area contributed by atoms with Crippen LogP contribution in [0.15, 0.2) is 29.5 Å². The Bertz CT molecular complexity index is 501. The topological polar surface area (TPSA) is 70.8 Å². The maximum Gasteiger partial charge on any atom is 0.267 e. The smallest absolute Gasteiger partial charge is 0.267 e. The van der Waals surface area contributed by atoms with Gasteiger partial charge in [-0.05, 0) is 11.6 Å². The lowest BCUT2D eigenvalue weighted by molar-refractivity contribution is 0.412. The summed E-state index contributed by atoms with van der Waals surface area (Å²) in [5, 5.41) is 5.14. The zero-order chi connectivity index (χ0) is 10.7. The molecule has 0 fully saturated rings. The number of pyridine rings is 1. The lowest BCUT2D eigenvalue weighted by atomic mass is 10.1. The van der Waals surface area contributed by atoms with Crippen molar-refractivity contribution in [1.82, 2.24) is 15.2 Å². The number of aromatic amines is 2. The molecule has 0 unspecified atom stereocenters. The Hall–Kier alpha value is -2.04. The van der Waals surface area contributed by atoms with Crippen LogP contribution in [0.4, 0.5) is 0 Å². The van der Waals surface area contributed by atoms with E-state index in [4.69, 9.17) is 4.74 Å². The second kappa shape index (κ2) is 4.00. The first-order chi connectivity index (χ1) is 7.29. The normalized spacial score (nSPS) is 10.2. The third kappa shape index (κ3) is 2.07. The lowest BCUT2D eigenvalue weighted by Crippen LogP contribution is -2.06. The first-order valence-corrected chi connectivity index (χ1v) is 4.52. The molecule has 0 saturated heterocycles. The molecule has 15 heavy (non-hydrogen) atoms. The molecule has 0 aromatic carbocycles. The second-order valence-electron chi connectivity index (χ2n) is 3.18. The van der Waals surface area contributed by atoms with E-state index >= 15 is 0 Å². The first kappa shape index (κ1) is 9.51. The van der Waals surface area contributed by atoms with E-state index in [1.165, 1.54) is 0 Å². The van der Waals surface area contributed by atoms with Crippen LogP contribution in [-0.4, -0.2) is 22.3 Å². The van der Waals surface area contributed by atoms with Gasteiger partial charge in [0.25, 0.3) is 5.56 Å². The van der Waals surface area contributed by atoms with E-state index in [2.05, 4.69) is 15.2 Å². The van der Waals surface area contributed by atoms with Gasteiger partial charge in [0.15, 0.2) is 0 Å². The Morgan fingerprint density at radius 2 is 2.33 bits per heavy atom. The molecule has 0 aliphatic carbocycles. The number of rotatable bonds is 3. The summed E-state index contributed by atoms with van der Waals surface area (Å²) < 4.78 is 5.05. The second-order valence-corrected chi connectivity index (χ2v) is 3.18. The molecule has 0 bridgehead atoms. The molecule has 2 aromatic heterocycles. The molecule has 2 heterocycles. The average molecular weight is 205 g/mol. The van der Waals surface area contributed by atoms with Gasteiger partial charge >= 0.3 is 0 Å². The predicted molar refractivity (Wildman–Crippen MR) is 55.0 cm³/mol. The molecule has 5 heteroatoms. The number of hydrogen-bond acceptors (Lipinski definition) is 3. The highest BCUT2D eigenvalue weighted by atomic mass is 16.5. The van der Waals surface area contributed by atoms with Gasteiger partial charge in [-0.3, -0.25) is 14.9 Å². The molecule has 0 aliphatic rings. The van der Waals surface area contributed by atoms with Gasteiger partial charge in [-0.25, -0.2) is 0 Å². The van der Waals surface area contributed by atoms with Gasteiger partial charge in [-0.2, -0.15) is 0 Å². The number of methoxy groups -OCH3 is 1. The van der Waals surface area contributed by atoms with Crippen molar-refractivity contribution in [3.8, 4) is 5.75 Å². The fourth-order valence-corrected chi connectivity index (χ4v) is 1.36. The maximum atomic E-state index is 11.2. The third-order valence-corrected chi connectivity index (χ3v) is 2.12. The third-order valence-electron chi connectivity index (χ3n) is 2.12. The summed E-state index contributed by atoms with van der Waals surface area (Å²) in [5.41, 5.74) is 1.53. The largest absolute Gasteiger partial charge is 0.495 e. The predicted octanol–water partition coefficient (Wildman–Crippen LogP) is 0.697. The zero-order valence-electron chi connectivity index (χ0n) is 8.28. The minimum absolute atomic E-state index is 0.0992. The quantitative estimate of drug-likeness (QED) is 0.774. The van der Waals surface area contributed by atoms with Gasteiger partial charge < -0.3 is 9.84 Å². The van der Waals surface area contributed by atoms with E-state index in [9.17, 15) is 4.79 Å². The van der Waals surface area contributed by atoms with E-state index in [1.54, 1.807) is 25.7 Å². The summed E-state index contributed by atoms with van der Waals surface area (Å²) in [5.74, 6) is 0.694. The van der Waals surface area contributed by atoms with Gasteiger partial charge in [-0.15, -0.1) is 0 Å². The van der Waals surface area contributed by atoms with Gasteiger partial charge in [0.1, 0.15) is 5.75 Å². The van der Waals surface area contributed by atoms with Crippen molar-refractivity contribution in [1.29, 1.82) is 0 Å². The molecule has 0 amide bonds. The van der Waals surface area contributed by atoms with Crippen LogP contribution >= 0.6 is 0 Å². The van der Waals surface area contributed by atoms with Crippen molar-refractivity contribution in [2.45, 2.75) is 6.42 Å². The van der Waals surface area contributed by atoms with Crippen LogP contribution in [0.5, 0.6) is 5.75 Å². The summed E-state index contributed by atoms with van der Waals surface area (Å²) in [6, 6.07) is 1.86. The number of ether oxygens (including phenoxy) is 1.